The quantitative estimate of drug-likeness (QED) is 0.492. The Morgan fingerprint density at radius 3 is 2.67 bits per heavy atom. The molecule has 0 saturated carbocycles. The Balaban J connectivity index is 1.38. The minimum Gasteiger partial charge on any atom is -0.342 e. The van der Waals surface area contributed by atoms with E-state index in [1.807, 2.05) is 33.9 Å². The average molecular weight is 437 g/mol. The van der Waals surface area contributed by atoms with E-state index in [1.165, 1.54) is 0 Å². The topological polar surface area (TPSA) is 33.2 Å². The summed E-state index contributed by atoms with van der Waals surface area (Å²) in [6.07, 6.45) is 2.43. The van der Waals surface area contributed by atoms with E-state index in [0.29, 0.717) is 22.4 Å². The highest BCUT2D eigenvalue weighted by Gasteiger charge is 2.26. The molecule has 3 aromatic rings. The first-order valence-electron chi connectivity index (χ1n) is 8.80. The fourth-order valence-corrected chi connectivity index (χ4v) is 5.29. The SMILES string of the molecule is O=C(Cc1ccsc1)N1CCC(c2nc(-c3ccc(Cl)c(Cl)c3)cs2)CC1. The number of hydrogen-bond acceptors (Lipinski definition) is 4. The summed E-state index contributed by atoms with van der Waals surface area (Å²) in [5.74, 6) is 0.638. The number of rotatable bonds is 4. The summed E-state index contributed by atoms with van der Waals surface area (Å²) >= 11 is 15.4. The Morgan fingerprint density at radius 1 is 1.15 bits per heavy atom. The van der Waals surface area contributed by atoms with Crippen LogP contribution < -0.4 is 0 Å². The van der Waals surface area contributed by atoms with Crippen molar-refractivity contribution in [2.75, 3.05) is 13.1 Å². The fourth-order valence-electron chi connectivity index (χ4n) is 3.32. The monoisotopic (exact) mass is 436 g/mol. The molecule has 0 aliphatic carbocycles. The van der Waals surface area contributed by atoms with Crippen LogP contribution >= 0.6 is 45.9 Å². The molecule has 0 N–H and O–H groups in total. The standard InChI is InChI=1S/C20H18Cl2N2OS2/c21-16-2-1-15(10-17(16)22)18-12-27-20(23-18)14-3-6-24(7-4-14)19(25)9-13-5-8-26-11-13/h1-2,5,8,10-12,14H,3-4,6-7,9H2. The van der Waals surface area contributed by atoms with Gasteiger partial charge in [-0.3, -0.25) is 4.79 Å². The Labute approximate surface area is 176 Å². The zero-order valence-electron chi connectivity index (χ0n) is 14.5. The van der Waals surface area contributed by atoms with Gasteiger partial charge in [0.15, 0.2) is 0 Å². The number of carbonyl (C=O) groups is 1. The Hall–Kier alpha value is -1.40. The van der Waals surface area contributed by atoms with E-state index in [9.17, 15) is 4.79 Å². The number of thiazole rings is 1. The van der Waals surface area contributed by atoms with Gasteiger partial charge in [0.2, 0.25) is 5.91 Å². The van der Waals surface area contributed by atoms with Crippen molar-refractivity contribution in [2.24, 2.45) is 0 Å². The third-order valence-corrected chi connectivity index (χ3v) is 7.35. The maximum atomic E-state index is 12.5. The highest BCUT2D eigenvalue weighted by Crippen LogP contribution is 2.34. The molecule has 1 aliphatic heterocycles. The van der Waals surface area contributed by atoms with Crippen LogP contribution in [0.25, 0.3) is 11.3 Å². The molecule has 1 aromatic carbocycles. The van der Waals surface area contributed by atoms with Crippen molar-refractivity contribution in [3.8, 4) is 11.3 Å². The van der Waals surface area contributed by atoms with Crippen LogP contribution in [0.2, 0.25) is 10.0 Å². The Bertz CT molecular complexity index is 931. The Kier molecular flexibility index (Phi) is 5.83. The Morgan fingerprint density at radius 2 is 1.96 bits per heavy atom. The molecule has 140 valence electrons. The number of likely N-dealkylation sites (tertiary alicyclic amines) is 1. The van der Waals surface area contributed by atoms with Gasteiger partial charge in [0, 0.05) is 30.0 Å². The van der Waals surface area contributed by atoms with Gasteiger partial charge < -0.3 is 4.90 Å². The molecule has 1 aliphatic rings. The maximum Gasteiger partial charge on any atom is 0.227 e. The number of hydrogen-bond donors (Lipinski definition) is 0. The third-order valence-electron chi connectivity index (χ3n) is 4.87. The van der Waals surface area contributed by atoms with Crippen LogP contribution in [-0.2, 0) is 11.2 Å². The summed E-state index contributed by atoms with van der Waals surface area (Å²) in [7, 11) is 0. The zero-order valence-corrected chi connectivity index (χ0v) is 17.7. The molecule has 0 unspecified atom stereocenters. The highest BCUT2D eigenvalue weighted by molar-refractivity contribution is 7.10. The number of aromatic nitrogens is 1. The van der Waals surface area contributed by atoms with Crippen LogP contribution in [-0.4, -0.2) is 28.9 Å². The van der Waals surface area contributed by atoms with Crippen molar-refractivity contribution < 1.29 is 4.79 Å². The number of thiophene rings is 1. The summed E-state index contributed by atoms with van der Waals surface area (Å²) in [6.45, 7) is 1.60. The van der Waals surface area contributed by atoms with E-state index in [-0.39, 0.29) is 5.91 Å². The van der Waals surface area contributed by atoms with Gasteiger partial charge in [-0.1, -0.05) is 29.3 Å². The zero-order chi connectivity index (χ0) is 18.8. The van der Waals surface area contributed by atoms with Crippen molar-refractivity contribution in [2.45, 2.75) is 25.2 Å². The summed E-state index contributed by atoms with van der Waals surface area (Å²) in [5.41, 5.74) is 3.03. The first-order valence-corrected chi connectivity index (χ1v) is 11.4. The van der Waals surface area contributed by atoms with Gasteiger partial charge in [0.25, 0.3) is 0 Å². The van der Waals surface area contributed by atoms with Crippen molar-refractivity contribution in [3.05, 3.63) is 61.0 Å². The number of halogens is 2. The van der Waals surface area contributed by atoms with Crippen molar-refractivity contribution >= 4 is 51.8 Å². The molecule has 2 aromatic heterocycles. The van der Waals surface area contributed by atoms with Gasteiger partial charge in [-0.05, 0) is 47.4 Å². The van der Waals surface area contributed by atoms with Crippen molar-refractivity contribution in [1.29, 1.82) is 0 Å². The molecule has 1 fully saturated rings. The number of carbonyl (C=O) groups excluding carboxylic acids is 1. The molecule has 1 saturated heterocycles. The van der Waals surface area contributed by atoms with Crippen LogP contribution in [0.5, 0.6) is 0 Å². The van der Waals surface area contributed by atoms with E-state index in [1.54, 1.807) is 28.7 Å². The number of amides is 1. The lowest BCUT2D eigenvalue weighted by Gasteiger charge is -2.31. The van der Waals surface area contributed by atoms with Crippen LogP contribution in [0.4, 0.5) is 0 Å². The summed E-state index contributed by atoms with van der Waals surface area (Å²) in [5, 5.41) is 8.37. The fraction of sp³-hybridized carbons (Fsp3) is 0.300. The number of piperidine rings is 1. The van der Waals surface area contributed by atoms with Crippen LogP contribution in [0.1, 0.15) is 29.3 Å². The summed E-state index contributed by atoms with van der Waals surface area (Å²) in [6, 6.07) is 7.62. The van der Waals surface area contributed by atoms with Crippen LogP contribution in [0.3, 0.4) is 0 Å². The van der Waals surface area contributed by atoms with Gasteiger partial charge in [0.1, 0.15) is 0 Å². The van der Waals surface area contributed by atoms with Crippen molar-refractivity contribution in [1.82, 2.24) is 9.88 Å². The molecule has 0 spiro atoms. The molecule has 3 heterocycles. The number of nitrogens with zero attached hydrogens (tertiary/aromatic N) is 2. The maximum absolute atomic E-state index is 12.5. The average Bonchev–Trinajstić information content (AvgIpc) is 3.36. The largest absolute Gasteiger partial charge is 0.342 e. The molecule has 3 nitrogen and oxygen atoms in total. The van der Waals surface area contributed by atoms with Gasteiger partial charge in [-0.15, -0.1) is 11.3 Å². The second kappa shape index (κ2) is 8.31. The molecule has 0 bridgehead atoms. The lowest BCUT2D eigenvalue weighted by Crippen LogP contribution is -2.38. The normalized spacial score (nSPS) is 15.3. The second-order valence-electron chi connectivity index (χ2n) is 6.66. The number of benzene rings is 1. The predicted octanol–water partition coefficient (Wildman–Crippen LogP) is 6.13. The molecule has 0 radical (unpaired) electrons. The van der Waals surface area contributed by atoms with Crippen LogP contribution in [0.15, 0.2) is 40.4 Å². The molecule has 4 rings (SSSR count). The van der Waals surface area contributed by atoms with Crippen molar-refractivity contribution in [3.63, 3.8) is 0 Å². The van der Waals surface area contributed by atoms with Gasteiger partial charge in [-0.25, -0.2) is 4.98 Å². The van der Waals surface area contributed by atoms with E-state index in [0.717, 1.165) is 47.8 Å². The molecular weight excluding hydrogens is 419 g/mol. The molecule has 7 heteroatoms. The molecule has 27 heavy (non-hydrogen) atoms. The van der Waals surface area contributed by atoms with Gasteiger partial charge in [0.05, 0.1) is 27.2 Å². The highest BCUT2D eigenvalue weighted by atomic mass is 35.5. The predicted molar refractivity (Wildman–Crippen MR) is 114 cm³/mol. The first-order chi connectivity index (χ1) is 13.1. The molecule has 1 amide bonds. The minimum atomic E-state index is 0.225. The van der Waals surface area contributed by atoms with E-state index in [4.69, 9.17) is 28.2 Å². The lowest BCUT2D eigenvalue weighted by molar-refractivity contribution is -0.131. The second-order valence-corrected chi connectivity index (χ2v) is 9.15. The van der Waals surface area contributed by atoms with E-state index in [2.05, 4.69) is 5.38 Å². The molecular formula is C20H18Cl2N2OS2. The smallest absolute Gasteiger partial charge is 0.227 e. The summed E-state index contributed by atoms with van der Waals surface area (Å²) in [4.78, 5) is 19.3. The van der Waals surface area contributed by atoms with Crippen LogP contribution in [0, 0.1) is 0 Å². The minimum absolute atomic E-state index is 0.225. The lowest BCUT2D eigenvalue weighted by atomic mass is 9.97. The first kappa shape index (κ1) is 18.9. The van der Waals surface area contributed by atoms with Gasteiger partial charge in [-0.2, -0.15) is 11.3 Å². The third kappa shape index (κ3) is 4.37. The summed E-state index contributed by atoms with van der Waals surface area (Å²) < 4.78 is 0. The van der Waals surface area contributed by atoms with E-state index < -0.39 is 0 Å². The molecule has 0 atom stereocenters. The van der Waals surface area contributed by atoms with E-state index >= 15 is 0 Å². The van der Waals surface area contributed by atoms with Gasteiger partial charge >= 0.3 is 0 Å².